The molecular weight excluding hydrogens is 236 g/mol. The average Bonchev–Trinajstić information content (AvgIpc) is 2.79. The number of aromatic nitrogens is 2. The summed E-state index contributed by atoms with van der Waals surface area (Å²) in [4.78, 5) is 10.9. The Kier molecular flexibility index (Phi) is 3.49. The molecular formula is C12H12N2O2S. The number of rotatable bonds is 4. The van der Waals surface area contributed by atoms with Gasteiger partial charge in [0.2, 0.25) is 0 Å². The van der Waals surface area contributed by atoms with Gasteiger partial charge in [-0.25, -0.2) is 4.79 Å². The second kappa shape index (κ2) is 5.05. The molecule has 0 amide bonds. The summed E-state index contributed by atoms with van der Waals surface area (Å²) in [7, 11) is 0. The van der Waals surface area contributed by atoms with Gasteiger partial charge in [-0.3, -0.25) is 0 Å². The van der Waals surface area contributed by atoms with Gasteiger partial charge in [0.05, 0.1) is 11.7 Å². The standard InChI is InChI=1S/C12H12N2O2S/c1-2-3-8-4-6-9(7-5-8)10-11(12(15)16)14-17-13-10/h4-7H,2-3H2,1H3,(H,15,16). The van der Waals surface area contributed by atoms with Crippen LogP contribution in [0.1, 0.15) is 29.4 Å². The first-order chi connectivity index (χ1) is 8.22. The molecule has 0 aliphatic carbocycles. The van der Waals surface area contributed by atoms with Crippen LogP contribution >= 0.6 is 11.7 Å². The fraction of sp³-hybridized carbons (Fsp3) is 0.250. The highest BCUT2D eigenvalue weighted by atomic mass is 32.1. The van der Waals surface area contributed by atoms with E-state index in [2.05, 4.69) is 15.7 Å². The van der Waals surface area contributed by atoms with Crippen LogP contribution in [0.4, 0.5) is 0 Å². The normalized spacial score (nSPS) is 10.4. The Morgan fingerprint density at radius 2 is 2.00 bits per heavy atom. The molecule has 0 saturated heterocycles. The lowest BCUT2D eigenvalue weighted by molar-refractivity contribution is 0.0692. The fourth-order valence-electron chi connectivity index (χ4n) is 1.64. The first-order valence-electron chi connectivity index (χ1n) is 5.37. The van der Waals surface area contributed by atoms with Crippen LogP contribution in [-0.2, 0) is 6.42 Å². The third kappa shape index (κ3) is 2.50. The Morgan fingerprint density at radius 3 is 2.59 bits per heavy atom. The summed E-state index contributed by atoms with van der Waals surface area (Å²) >= 11 is 0.923. The number of aryl methyl sites for hydroxylation is 1. The van der Waals surface area contributed by atoms with Crippen molar-refractivity contribution in [2.45, 2.75) is 19.8 Å². The van der Waals surface area contributed by atoms with Crippen molar-refractivity contribution in [1.29, 1.82) is 0 Å². The summed E-state index contributed by atoms with van der Waals surface area (Å²) in [6, 6.07) is 7.80. The van der Waals surface area contributed by atoms with E-state index in [1.165, 1.54) is 5.56 Å². The zero-order chi connectivity index (χ0) is 12.3. The maximum absolute atomic E-state index is 10.9. The van der Waals surface area contributed by atoms with Gasteiger partial charge in [-0.15, -0.1) is 0 Å². The van der Waals surface area contributed by atoms with Gasteiger partial charge in [-0.05, 0) is 12.0 Å². The minimum atomic E-state index is -1.04. The van der Waals surface area contributed by atoms with E-state index in [9.17, 15) is 4.79 Å². The maximum atomic E-state index is 10.9. The Morgan fingerprint density at radius 1 is 1.29 bits per heavy atom. The molecule has 5 heteroatoms. The number of hydrogen-bond acceptors (Lipinski definition) is 4. The molecule has 1 aromatic heterocycles. The molecule has 0 fully saturated rings. The lowest BCUT2D eigenvalue weighted by Crippen LogP contribution is -1.99. The Bertz CT molecular complexity index is 520. The molecule has 0 bridgehead atoms. The van der Waals surface area contributed by atoms with Crippen molar-refractivity contribution in [3.8, 4) is 11.3 Å². The highest BCUT2D eigenvalue weighted by Gasteiger charge is 2.16. The summed E-state index contributed by atoms with van der Waals surface area (Å²) in [5.41, 5.74) is 2.52. The first kappa shape index (κ1) is 11.7. The number of hydrogen-bond donors (Lipinski definition) is 1. The number of carboxylic acids is 1. The highest BCUT2D eigenvalue weighted by molar-refractivity contribution is 6.99. The Labute approximate surface area is 103 Å². The molecule has 2 aromatic rings. The molecule has 1 aromatic carbocycles. The monoisotopic (exact) mass is 248 g/mol. The minimum absolute atomic E-state index is 0.0261. The van der Waals surface area contributed by atoms with Gasteiger partial charge in [0.15, 0.2) is 5.69 Å². The summed E-state index contributed by atoms with van der Waals surface area (Å²) in [5, 5.41) is 8.96. The minimum Gasteiger partial charge on any atom is -0.476 e. The summed E-state index contributed by atoms with van der Waals surface area (Å²) in [5.74, 6) is -1.04. The van der Waals surface area contributed by atoms with Crippen molar-refractivity contribution in [2.24, 2.45) is 0 Å². The van der Waals surface area contributed by atoms with Crippen molar-refractivity contribution in [3.05, 3.63) is 35.5 Å². The molecule has 1 N–H and O–H groups in total. The van der Waals surface area contributed by atoms with Crippen molar-refractivity contribution in [1.82, 2.24) is 8.75 Å². The number of carbonyl (C=O) groups is 1. The second-order valence-electron chi connectivity index (χ2n) is 3.71. The van der Waals surface area contributed by atoms with Gasteiger partial charge >= 0.3 is 5.97 Å². The van der Waals surface area contributed by atoms with Gasteiger partial charge in [-0.1, -0.05) is 37.6 Å². The third-order valence-corrected chi connectivity index (χ3v) is 2.99. The zero-order valence-electron chi connectivity index (χ0n) is 9.38. The second-order valence-corrected chi connectivity index (χ2v) is 4.24. The molecule has 0 spiro atoms. The number of nitrogens with zero attached hydrogens (tertiary/aromatic N) is 2. The van der Waals surface area contributed by atoms with Gasteiger partial charge in [0.1, 0.15) is 5.69 Å². The fourth-order valence-corrected chi connectivity index (χ4v) is 2.20. The van der Waals surface area contributed by atoms with Crippen LogP contribution in [0.15, 0.2) is 24.3 Å². The van der Waals surface area contributed by atoms with Crippen LogP contribution in [0.3, 0.4) is 0 Å². The van der Waals surface area contributed by atoms with Crippen LogP contribution in [0, 0.1) is 0 Å². The SMILES string of the molecule is CCCc1ccc(-c2nsnc2C(=O)O)cc1. The molecule has 0 atom stereocenters. The maximum Gasteiger partial charge on any atom is 0.357 e. The predicted molar refractivity (Wildman–Crippen MR) is 66.3 cm³/mol. The van der Waals surface area contributed by atoms with Crippen LogP contribution in [0.2, 0.25) is 0 Å². The van der Waals surface area contributed by atoms with Gasteiger partial charge in [0.25, 0.3) is 0 Å². The molecule has 0 unspecified atom stereocenters. The Hall–Kier alpha value is -1.75. The van der Waals surface area contributed by atoms with Gasteiger partial charge in [-0.2, -0.15) is 8.75 Å². The van der Waals surface area contributed by atoms with Crippen LogP contribution in [0.25, 0.3) is 11.3 Å². The van der Waals surface area contributed by atoms with Crippen molar-refractivity contribution >= 4 is 17.7 Å². The molecule has 0 aliphatic rings. The zero-order valence-corrected chi connectivity index (χ0v) is 10.2. The Balaban J connectivity index is 2.33. The lowest BCUT2D eigenvalue weighted by atomic mass is 10.1. The number of benzene rings is 1. The van der Waals surface area contributed by atoms with Crippen LogP contribution < -0.4 is 0 Å². The quantitative estimate of drug-likeness (QED) is 0.903. The van der Waals surface area contributed by atoms with E-state index in [1.54, 1.807) is 0 Å². The largest absolute Gasteiger partial charge is 0.476 e. The number of aromatic carboxylic acids is 1. The van der Waals surface area contributed by atoms with Crippen molar-refractivity contribution in [2.75, 3.05) is 0 Å². The van der Waals surface area contributed by atoms with Gasteiger partial charge in [0, 0.05) is 5.56 Å². The third-order valence-electron chi connectivity index (χ3n) is 2.46. The summed E-state index contributed by atoms with van der Waals surface area (Å²) in [6.07, 6.45) is 2.12. The number of carboxylic acid groups (broad SMARTS) is 1. The molecule has 2 rings (SSSR count). The molecule has 0 radical (unpaired) electrons. The molecule has 17 heavy (non-hydrogen) atoms. The lowest BCUT2D eigenvalue weighted by Gasteiger charge is -2.01. The topological polar surface area (TPSA) is 63.1 Å². The molecule has 0 saturated carbocycles. The van der Waals surface area contributed by atoms with E-state index in [0.717, 1.165) is 30.1 Å². The van der Waals surface area contributed by atoms with Crippen molar-refractivity contribution < 1.29 is 9.90 Å². The van der Waals surface area contributed by atoms with Gasteiger partial charge < -0.3 is 5.11 Å². The van der Waals surface area contributed by atoms with E-state index in [4.69, 9.17) is 5.11 Å². The molecule has 88 valence electrons. The first-order valence-corrected chi connectivity index (χ1v) is 6.10. The van der Waals surface area contributed by atoms with E-state index in [-0.39, 0.29) is 5.69 Å². The van der Waals surface area contributed by atoms with Crippen LogP contribution in [-0.4, -0.2) is 19.8 Å². The average molecular weight is 248 g/mol. The molecule has 0 aliphatic heterocycles. The summed E-state index contributed by atoms with van der Waals surface area (Å²) < 4.78 is 7.81. The van der Waals surface area contributed by atoms with E-state index < -0.39 is 5.97 Å². The molecule has 1 heterocycles. The molecule has 4 nitrogen and oxygen atoms in total. The van der Waals surface area contributed by atoms with E-state index in [1.807, 2.05) is 24.3 Å². The van der Waals surface area contributed by atoms with Crippen molar-refractivity contribution in [3.63, 3.8) is 0 Å². The van der Waals surface area contributed by atoms with E-state index in [0.29, 0.717) is 5.69 Å². The predicted octanol–water partition coefficient (Wildman–Crippen LogP) is 2.86. The van der Waals surface area contributed by atoms with E-state index >= 15 is 0 Å². The smallest absolute Gasteiger partial charge is 0.357 e. The summed E-state index contributed by atoms with van der Waals surface area (Å²) in [6.45, 7) is 2.13. The highest BCUT2D eigenvalue weighted by Crippen LogP contribution is 2.22. The van der Waals surface area contributed by atoms with Crippen LogP contribution in [0.5, 0.6) is 0 Å².